The number of nitrogens with one attached hydrogen (secondary N) is 1. The zero-order valence-electron chi connectivity index (χ0n) is 13.4. The molecule has 1 aliphatic heterocycles. The van der Waals surface area contributed by atoms with Crippen LogP contribution in [-0.4, -0.2) is 35.6 Å². The van der Waals surface area contributed by atoms with E-state index in [2.05, 4.69) is 51.8 Å². The van der Waals surface area contributed by atoms with Gasteiger partial charge in [-0.25, -0.2) is 0 Å². The molecule has 0 radical (unpaired) electrons. The van der Waals surface area contributed by atoms with Gasteiger partial charge in [0, 0.05) is 30.7 Å². The molecule has 1 fully saturated rings. The molecule has 1 saturated heterocycles. The van der Waals surface area contributed by atoms with E-state index in [1.165, 1.54) is 32.2 Å². The molecule has 2 atom stereocenters. The summed E-state index contributed by atoms with van der Waals surface area (Å²) < 4.78 is 0. The Kier molecular flexibility index (Phi) is 6.13. The van der Waals surface area contributed by atoms with Gasteiger partial charge in [0.15, 0.2) is 0 Å². The van der Waals surface area contributed by atoms with Crippen LogP contribution in [-0.2, 0) is 0 Å². The molecule has 2 heteroatoms. The average molecular weight is 254 g/mol. The summed E-state index contributed by atoms with van der Waals surface area (Å²) >= 11 is 0. The Balaban J connectivity index is 2.83. The van der Waals surface area contributed by atoms with Crippen molar-refractivity contribution in [1.29, 1.82) is 0 Å². The van der Waals surface area contributed by atoms with E-state index in [-0.39, 0.29) is 0 Å². The molecule has 0 bridgehead atoms. The molecule has 1 rings (SSSR count). The summed E-state index contributed by atoms with van der Waals surface area (Å²) in [4.78, 5) is 2.81. The molecule has 18 heavy (non-hydrogen) atoms. The van der Waals surface area contributed by atoms with Crippen molar-refractivity contribution in [1.82, 2.24) is 10.2 Å². The van der Waals surface area contributed by atoms with Crippen LogP contribution >= 0.6 is 0 Å². The first-order valence-electron chi connectivity index (χ1n) is 7.98. The molecule has 0 aromatic carbocycles. The fourth-order valence-corrected chi connectivity index (χ4v) is 3.25. The van der Waals surface area contributed by atoms with Crippen molar-refractivity contribution in [3.05, 3.63) is 0 Å². The van der Waals surface area contributed by atoms with E-state index in [0.29, 0.717) is 17.6 Å². The van der Waals surface area contributed by atoms with Crippen LogP contribution < -0.4 is 5.32 Å². The fraction of sp³-hybridized carbons (Fsp3) is 1.00. The van der Waals surface area contributed by atoms with Crippen molar-refractivity contribution in [3.63, 3.8) is 0 Å². The lowest BCUT2D eigenvalue weighted by molar-refractivity contribution is -0.00566. The summed E-state index contributed by atoms with van der Waals surface area (Å²) in [6, 6.07) is 1.39. The Morgan fingerprint density at radius 1 is 1.22 bits per heavy atom. The molecule has 1 aliphatic rings. The zero-order chi connectivity index (χ0) is 13.8. The second-order valence-electron chi connectivity index (χ2n) is 6.56. The third-order valence-corrected chi connectivity index (χ3v) is 5.06. The maximum atomic E-state index is 3.76. The minimum Gasteiger partial charge on any atom is -0.311 e. The number of rotatable bonds is 6. The van der Waals surface area contributed by atoms with Crippen LogP contribution in [0.1, 0.15) is 67.2 Å². The monoisotopic (exact) mass is 254 g/mol. The third-order valence-electron chi connectivity index (χ3n) is 5.06. The zero-order valence-corrected chi connectivity index (χ0v) is 13.4. The minimum atomic E-state index is 0.378. The van der Waals surface area contributed by atoms with E-state index in [4.69, 9.17) is 0 Å². The molecule has 108 valence electrons. The summed E-state index contributed by atoms with van der Waals surface area (Å²) in [5.41, 5.74) is 0.378. The molecule has 0 spiro atoms. The molecule has 0 aromatic rings. The standard InChI is InChI=1S/C16H34N2/c1-7-10-14-12-18(16(6,8-2)9-3)15(11-17-14)13(4)5/h13-15,17H,7-12H2,1-6H3. The van der Waals surface area contributed by atoms with Crippen LogP contribution in [0, 0.1) is 5.92 Å². The highest BCUT2D eigenvalue weighted by molar-refractivity contribution is 4.96. The summed E-state index contributed by atoms with van der Waals surface area (Å²) in [6.45, 7) is 16.6. The van der Waals surface area contributed by atoms with E-state index in [0.717, 1.165) is 12.5 Å². The maximum Gasteiger partial charge on any atom is 0.0249 e. The smallest absolute Gasteiger partial charge is 0.0249 e. The summed E-state index contributed by atoms with van der Waals surface area (Å²) in [6.07, 6.45) is 5.11. The van der Waals surface area contributed by atoms with E-state index >= 15 is 0 Å². The summed E-state index contributed by atoms with van der Waals surface area (Å²) in [5, 5.41) is 3.76. The molecule has 0 aliphatic carbocycles. The Hall–Kier alpha value is -0.0800. The van der Waals surface area contributed by atoms with Gasteiger partial charge in [-0.15, -0.1) is 0 Å². The first-order chi connectivity index (χ1) is 8.48. The molecule has 1 heterocycles. The largest absolute Gasteiger partial charge is 0.311 e. The quantitative estimate of drug-likeness (QED) is 0.778. The van der Waals surface area contributed by atoms with Crippen LogP contribution in [0.3, 0.4) is 0 Å². The van der Waals surface area contributed by atoms with Crippen molar-refractivity contribution in [2.45, 2.75) is 84.8 Å². The predicted molar refractivity (Wildman–Crippen MR) is 81.0 cm³/mol. The van der Waals surface area contributed by atoms with Crippen LogP contribution in [0.15, 0.2) is 0 Å². The number of nitrogens with zero attached hydrogens (tertiary/aromatic N) is 1. The van der Waals surface area contributed by atoms with Gasteiger partial charge >= 0.3 is 0 Å². The summed E-state index contributed by atoms with van der Waals surface area (Å²) in [5.74, 6) is 0.734. The maximum absolute atomic E-state index is 3.76. The Morgan fingerprint density at radius 2 is 1.83 bits per heavy atom. The normalized spacial score (nSPS) is 26.8. The van der Waals surface area contributed by atoms with Gasteiger partial charge in [0.1, 0.15) is 0 Å². The van der Waals surface area contributed by atoms with Gasteiger partial charge in [0.05, 0.1) is 0 Å². The van der Waals surface area contributed by atoms with Gasteiger partial charge in [0.2, 0.25) is 0 Å². The molecular weight excluding hydrogens is 220 g/mol. The van der Waals surface area contributed by atoms with Gasteiger partial charge in [0.25, 0.3) is 0 Å². The Labute approximate surface area is 115 Å². The Morgan fingerprint density at radius 3 is 2.28 bits per heavy atom. The van der Waals surface area contributed by atoms with Crippen molar-refractivity contribution < 1.29 is 0 Å². The molecule has 2 nitrogen and oxygen atoms in total. The van der Waals surface area contributed by atoms with E-state index in [1.54, 1.807) is 0 Å². The molecule has 0 aromatic heterocycles. The van der Waals surface area contributed by atoms with Crippen LogP contribution in [0.25, 0.3) is 0 Å². The van der Waals surface area contributed by atoms with Gasteiger partial charge in [-0.1, -0.05) is 41.0 Å². The average Bonchev–Trinajstić information content (AvgIpc) is 2.38. The van der Waals surface area contributed by atoms with Gasteiger partial charge in [-0.2, -0.15) is 0 Å². The highest BCUT2D eigenvalue weighted by Crippen LogP contribution is 2.30. The van der Waals surface area contributed by atoms with Crippen molar-refractivity contribution in [2.24, 2.45) is 5.92 Å². The second-order valence-corrected chi connectivity index (χ2v) is 6.56. The van der Waals surface area contributed by atoms with E-state index in [1.807, 2.05) is 0 Å². The topological polar surface area (TPSA) is 15.3 Å². The second kappa shape index (κ2) is 6.91. The first kappa shape index (κ1) is 16.0. The molecular formula is C16H34N2. The predicted octanol–water partition coefficient (Wildman–Crippen LogP) is 3.66. The van der Waals surface area contributed by atoms with Crippen LogP contribution in [0.2, 0.25) is 0 Å². The van der Waals surface area contributed by atoms with E-state index < -0.39 is 0 Å². The van der Waals surface area contributed by atoms with Crippen molar-refractivity contribution >= 4 is 0 Å². The lowest BCUT2D eigenvalue weighted by Crippen LogP contribution is -2.64. The lowest BCUT2D eigenvalue weighted by Gasteiger charge is -2.51. The first-order valence-corrected chi connectivity index (χ1v) is 7.98. The lowest BCUT2D eigenvalue weighted by atomic mass is 9.86. The highest BCUT2D eigenvalue weighted by Gasteiger charge is 2.38. The number of hydrogen-bond donors (Lipinski definition) is 1. The number of piperazine rings is 1. The number of hydrogen-bond acceptors (Lipinski definition) is 2. The fourth-order valence-electron chi connectivity index (χ4n) is 3.25. The summed E-state index contributed by atoms with van der Waals surface area (Å²) in [7, 11) is 0. The van der Waals surface area contributed by atoms with Crippen LogP contribution in [0.4, 0.5) is 0 Å². The molecule has 2 unspecified atom stereocenters. The van der Waals surface area contributed by atoms with Gasteiger partial charge in [-0.05, 0) is 32.1 Å². The van der Waals surface area contributed by atoms with Gasteiger partial charge < -0.3 is 5.32 Å². The molecule has 0 amide bonds. The minimum absolute atomic E-state index is 0.378. The Bertz CT molecular complexity index is 233. The van der Waals surface area contributed by atoms with Crippen molar-refractivity contribution in [2.75, 3.05) is 13.1 Å². The SMILES string of the molecule is CCCC1CN(C(C)(CC)CC)C(C(C)C)CN1. The van der Waals surface area contributed by atoms with E-state index in [9.17, 15) is 0 Å². The molecule has 1 N–H and O–H groups in total. The highest BCUT2D eigenvalue weighted by atomic mass is 15.3. The third kappa shape index (κ3) is 3.48. The van der Waals surface area contributed by atoms with Crippen LogP contribution in [0.5, 0.6) is 0 Å². The van der Waals surface area contributed by atoms with Gasteiger partial charge in [-0.3, -0.25) is 4.90 Å². The molecule has 0 saturated carbocycles. The van der Waals surface area contributed by atoms with Crippen molar-refractivity contribution in [3.8, 4) is 0 Å².